The van der Waals surface area contributed by atoms with Gasteiger partial charge in [-0.25, -0.2) is 4.99 Å². The van der Waals surface area contributed by atoms with Crippen LogP contribution in [0.4, 0.5) is 15.8 Å². The summed E-state index contributed by atoms with van der Waals surface area (Å²) in [5.41, 5.74) is 1.77. The van der Waals surface area contributed by atoms with Gasteiger partial charge in [-0.15, -0.1) is 0 Å². The molecule has 0 amide bonds. The van der Waals surface area contributed by atoms with Gasteiger partial charge >= 0.3 is 5.69 Å². The minimum absolute atomic E-state index is 0.0928. The summed E-state index contributed by atoms with van der Waals surface area (Å²) in [7, 11) is 1.35. The fraction of sp³-hybridized carbons (Fsp3) is 0.238. The van der Waals surface area contributed by atoms with Crippen LogP contribution in [0.3, 0.4) is 0 Å². The molecular weight excluding hydrogens is 389 g/mol. The van der Waals surface area contributed by atoms with Crippen LogP contribution in [0.25, 0.3) is 0 Å². The van der Waals surface area contributed by atoms with Crippen LogP contribution in [0, 0.1) is 15.9 Å². The molecule has 8 nitrogen and oxygen atoms in total. The van der Waals surface area contributed by atoms with Gasteiger partial charge in [-0.1, -0.05) is 18.7 Å². The van der Waals surface area contributed by atoms with Crippen molar-refractivity contribution in [2.45, 2.75) is 13.3 Å². The monoisotopic (exact) mass is 413 g/mol. The summed E-state index contributed by atoms with van der Waals surface area (Å²) in [6.45, 7) is 10.3. The van der Waals surface area contributed by atoms with Crippen molar-refractivity contribution in [2.75, 3.05) is 25.6 Å². The van der Waals surface area contributed by atoms with Crippen LogP contribution in [0.5, 0.6) is 5.75 Å². The first kappa shape index (κ1) is 22.5. The Labute approximate surface area is 174 Å². The van der Waals surface area contributed by atoms with Crippen molar-refractivity contribution in [3.05, 3.63) is 76.0 Å². The van der Waals surface area contributed by atoms with Gasteiger partial charge in [0, 0.05) is 30.6 Å². The summed E-state index contributed by atoms with van der Waals surface area (Å²) < 4.78 is 18.8. The zero-order valence-corrected chi connectivity index (χ0v) is 17.0. The van der Waals surface area contributed by atoms with Gasteiger partial charge in [-0.3, -0.25) is 15.1 Å². The molecule has 30 heavy (non-hydrogen) atoms. The number of hydrogen-bond acceptors (Lipinski definition) is 7. The Balaban J connectivity index is 2.12. The standard InChI is InChI=1S/C21H24FN5O3/c1-5-7-18-15(6-2)9-11-26(18)21(23-3)8-10-24-14-25-17-13-19(27(28)29)16(22)12-20(17)30-4/h5-8,10,12-13,25H,2-3,9,11,14H2,1,4H3/b7-5-,21-8+,24-10-. The molecule has 0 saturated heterocycles. The molecule has 0 aliphatic carbocycles. The normalized spacial score (nSPS) is 14.6. The van der Waals surface area contributed by atoms with E-state index in [0.717, 1.165) is 36.4 Å². The first-order valence-corrected chi connectivity index (χ1v) is 9.15. The summed E-state index contributed by atoms with van der Waals surface area (Å²) in [6, 6.07) is 2.04. The summed E-state index contributed by atoms with van der Waals surface area (Å²) in [6.07, 6.45) is 9.91. The summed E-state index contributed by atoms with van der Waals surface area (Å²) in [5.74, 6) is -0.184. The molecule has 1 aromatic rings. The fourth-order valence-electron chi connectivity index (χ4n) is 2.98. The van der Waals surface area contributed by atoms with Crippen LogP contribution in [-0.2, 0) is 0 Å². The van der Waals surface area contributed by atoms with E-state index in [1.807, 2.05) is 30.1 Å². The summed E-state index contributed by atoms with van der Waals surface area (Å²) >= 11 is 0. The molecule has 0 spiro atoms. The van der Waals surface area contributed by atoms with Crippen LogP contribution in [0.1, 0.15) is 13.3 Å². The maximum Gasteiger partial charge on any atom is 0.307 e. The second kappa shape index (κ2) is 10.7. The smallest absolute Gasteiger partial charge is 0.307 e. The molecule has 0 saturated carbocycles. The number of ether oxygens (including phenoxy) is 1. The molecule has 1 aromatic carbocycles. The second-order valence-electron chi connectivity index (χ2n) is 6.13. The Morgan fingerprint density at radius 3 is 2.87 bits per heavy atom. The number of aliphatic imine (C=N–C) groups is 2. The van der Waals surface area contributed by atoms with Crippen molar-refractivity contribution < 1.29 is 14.1 Å². The van der Waals surface area contributed by atoms with Crippen molar-refractivity contribution >= 4 is 24.3 Å². The summed E-state index contributed by atoms with van der Waals surface area (Å²) in [4.78, 5) is 20.4. The number of nitro benzene ring substituents is 1. The maximum atomic E-state index is 13.7. The van der Waals surface area contributed by atoms with Gasteiger partial charge in [0.15, 0.2) is 0 Å². The molecule has 1 aliphatic heterocycles. The lowest BCUT2D eigenvalue weighted by molar-refractivity contribution is -0.387. The van der Waals surface area contributed by atoms with Gasteiger partial charge < -0.3 is 15.0 Å². The summed E-state index contributed by atoms with van der Waals surface area (Å²) in [5, 5.41) is 13.8. The Morgan fingerprint density at radius 2 is 2.27 bits per heavy atom. The van der Waals surface area contributed by atoms with Crippen LogP contribution in [-0.4, -0.2) is 43.1 Å². The molecule has 1 heterocycles. The highest BCUT2D eigenvalue weighted by molar-refractivity contribution is 5.73. The molecule has 158 valence electrons. The number of rotatable bonds is 10. The third-order valence-electron chi connectivity index (χ3n) is 4.39. The van der Waals surface area contributed by atoms with Crippen LogP contribution in [0.2, 0.25) is 0 Å². The van der Waals surface area contributed by atoms with E-state index < -0.39 is 16.4 Å². The lowest BCUT2D eigenvalue weighted by Crippen LogP contribution is -2.17. The third kappa shape index (κ3) is 5.19. The topological polar surface area (TPSA) is 92.4 Å². The number of anilines is 1. The zero-order valence-electron chi connectivity index (χ0n) is 17.0. The Hall–Kier alpha value is -3.75. The minimum Gasteiger partial charge on any atom is -0.494 e. The number of benzene rings is 1. The van der Waals surface area contributed by atoms with Crippen molar-refractivity contribution in [3.63, 3.8) is 0 Å². The van der Waals surface area contributed by atoms with E-state index in [-0.39, 0.29) is 18.1 Å². The maximum absolute atomic E-state index is 13.7. The largest absolute Gasteiger partial charge is 0.494 e. The van der Waals surface area contributed by atoms with Crippen molar-refractivity contribution in [3.8, 4) is 5.75 Å². The molecule has 0 radical (unpaired) electrons. The molecule has 0 aromatic heterocycles. The Morgan fingerprint density at radius 1 is 1.50 bits per heavy atom. The SMILES string of the molecule is C=CC1=C(/C=C\C)N(/C(=C/C=N\CNc2cc([N+](=O)[O-])c(F)cc2OC)N=C)CC1. The Kier molecular flexibility index (Phi) is 8.04. The van der Waals surface area contributed by atoms with Gasteiger partial charge in [0.2, 0.25) is 5.82 Å². The first-order valence-electron chi connectivity index (χ1n) is 9.15. The third-order valence-corrected chi connectivity index (χ3v) is 4.39. The molecule has 9 heteroatoms. The minimum atomic E-state index is -0.968. The van der Waals surface area contributed by atoms with E-state index in [0.29, 0.717) is 5.82 Å². The number of nitro groups is 1. The van der Waals surface area contributed by atoms with Gasteiger partial charge in [-0.2, -0.15) is 4.39 Å². The molecule has 2 rings (SSSR count). The first-order chi connectivity index (χ1) is 14.5. The molecule has 0 unspecified atom stereocenters. The highest BCUT2D eigenvalue weighted by atomic mass is 19.1. The molecule has 0 bridgehead atoms. The van der Waals surface area contributed by atoms with E-state index in [1.165, 1.54) is 7.11 Å². The number of hydrogen-bond donors (Lipinski definition) is 1. The molecule has 0 fully saturated rings. The van der Waals surface area contributed by atoms with Gasteiger partial charge in [-0.05, 0) is 37.8 Å². The average molecular weight is 413 g/mol. The zero-order chi connectivity index (χ0) is 22.1. The molecule has 1 aliphatic rings. The lowest BCUT2D eigenvalue weighted by atomic mass is 10.2. The van der Waals surface area contributed by atoms with E-state index >= 15 is 0 Å². The van der Waals surface area contributed by atoms with Crippen molar-refractivity contribution in [2.24, 2.45) is 9.98 Å². The highest BCUT2D eigenvalue weighted by Gasteiger charge is 2.21. The highest BCUT2D eigenvalue weighted by Crippen LogP contribution is 2.31. The molecule has 1 N–H and O–H groups in total. The quantitative estimate of drug-likeness (QED) is 0.348. The predicted octanol–water partition coefficient (Wildman–Crippen LogP) is 4.45. The number of nitrogens with zero attached hydrogens (tertiary/aromatic N) is 4. The Bertz CT molecular complexity index is 950. The molecular formula is C21H24FN5O3. The lowest BCUT2D eigenvalue weighted by Gasteiger charge is -2.20. The second-order valence-corrected chi connectivity index (χ2v) is 6.13. The number of allylic oxidation sites excluding steroid dienone is 4. The van der Waals surface area contributed by atoms with Crippen LogP contribution >= 0.6 is 0 Å². The van der Waals surface area contributed by atoms with Gasteiger partial charge in [0.05, 0.1) is 17.7 Å². The molecule has 0 atom stereocenters. The number of methoxy groups -OCH3 is 1. The van der Waals surface area contributed by atoms with E-state index in [1.54, 1.807) is 12.3 Å². The van der Waals surface area contributed by atoms with Crippen LogP contribution in [0.15, 0.2) is 70.1 Å². The number of halogens is 1. The average Bonchev–Trinajstić information content (AvgIpc) is 3.13. The van der Waals surface area contributed by atoms with Crippen molar-refractivity contribution in [1.29, 1.82) is 0 Å². The number of nitrogens with one attached hydrogen (secondary N) is 1. The van der Waals surface area contributed by atoms with E-state index in [4.69, 9.17) is 4.74 Å². The predicted molar refractivity (Wildman–Crippen MR) is 118 cm³/mol. The fourth-order valence-corrected chi connectivity index (χ4v) is 2.98. The van der Waals surface area contributed by atoms with E-state index in [9.17, 15) is 14.5 Å². The van der Waals surface area contributed by atoms with Crippen molar-refractivity contribution in [1.82, 2.24) is 4.90 Å². The van der Waals surface area contributed by atoms with Gasteiger partial charge in [0.1, 0.15) is 18.2 Å². The van der Waals surface area contributed by atoms with Crippen LogP contribution < -0.4 is 10.1 Å². The van der Waals surface area contributed by atoms with Gasteiger partial charge in [0.25, 0.3) is 0 Å². The van der Waals surface area contributed by atoms with E-state index in [2.05, 4.69) is 28.6 Å².